The van der Waals surface area contributed by atoms with Crippen molar-refractivity contribution in [1.29, 1.82) is 0 Å². The zero-order valence-corrected chi connectivity index (χ0v) is 9.29. The molecule has 0 saturated carbocycles. The van der Waals surface area contributed by atoms with Crippen LogP contribution in [0.25, 0.3) is 0 Å². The summed E-state index contributed by atoms with van der Waals surface area (Å²) in [5.41, 5.74) is 0.507. The van der Waals surface area contributed by atoms with E-state index in [2.05, 4.69) is 24.1 Å². The fourth-order valence-corrected chi connectivity index (χ4v) is 2.48. The standard InChI is InChI=1S/C11H22N2O/c1-11(2)3-5-13(6-4-11)9-7-12-8-10(9)14/h9-10,12,14H,3-8H2,1-2H3. The first-order valence-electron chi connectivity index (χ1n) is 5.71. The molecule has 0 aromatic heterocycles. The molecule has 2 rings (SSSR count). The van der Waals surface area contributed by atoms with Crippen LogP contribution in [-0.4, -0.2) is 48.3 Å². The van der Waals surface area contributed by atoms with E-state index < -0.39 is 0 Å². The second kappa shape index (κ2) is 3.80. The highest BCUT2D eigenvalue weighted by Crippen LogP contribution is 2.31. The van der Waals surface area contributed by atoms with Crippen molar-refractivity contribution in [2.24, 2.45) is 5.41 Å². The lowest BCUT2D eigenvalue weighted by Crippen LogP contribution is -2.48. The van der Waals surface area contributed by atoms with Gasteiger partial charge in [0.05, 0.1) is 6.10 Å². The second-order valence-electron chi connectivity index (χ2n) is 5.49. The Morgan fingerprint density at radius 2 is 1.86 bits per heavy atom. The lowest BCUT2D eigenvalue weighted by Gasteiger charge is -2.40. The van der Waals surface area contributed by atoms with Gasteiger partial charge in [-0.25, -0.2) is 0 Å². The number of nitrogens with zero attached hydrogens (tertiary/aromatic N) is 1. The molecule has 2 saturated heterocycles. The van der Waals surface area contributed by atoms with Gasteiger partial charge in [0, 0.05) is 19.1 Å². The Bertz CT molecular complexity index is 195. The van der Waals surface area contributed by atoms with Crippen molar-refractivity contribution in [1.82, 2.24) is 10.2 Å². The minimum absolute atomic E-state index is 0.156. The average molecular weight is 198 g/mol. The van der Waals surface area contributed by atoms with Crippen molar-refractivity contribution in [2.45, 2.75) is 38.8 Å². The first kappa shape index (κ1) is 10.4. The lowest BCUT2D eigenvalue weighted by atomic mass is 9.82. The molecule has 0 aromatic carbocycles. The predicted octanol–water partition coefficient (Wildman–Crippen LogP) is 0.441. The van der Waals surface area contributed by atoms with Gasteiger partial charge in [0.25, 0.3) is 0 Å². The smallest absolute Gasteiger partial charge is 0.0831 e. The third-order valence-electron chi connectivity index (χ3n) is 3.77. The quantitative estimate of drug-likeness (QED) is 0.642. The number of nitrogens with one attached hydrogen (secondary N) is 1. The number of rotatable bonds is 1. The fourth-order valence-electron chi connectivity index (χ4n) is 2.48. The normalized spacial score (nSPS) is 38.8. The Morgan fingerprint density at radius 1 is 1.21 bits per heavy atom. The SMILES string of the molecule is CC1(C)CCN(C2CNCC2O)CC1. The molecule has 0 amide bonds. The predicted molar refractivity (Wildman–Crippen MR) is 57.3 cm³/mol. The number of aliphatic hydroxyl groups is 1. The summed E-state index contributed by atoms with van der Waals surface area (Å²) in [6.07, 6.45) is 2.36. The fraction of sp³-hybridized carbons (Fsp3) is 1.00. The minimum atomic E-state index is -0.156. The van der Waals surface area contributed by atoms with Crippen LogP contribution in [0, 0.1) is 5.41 Å². The summed E-state index contributed by atoms with van der Waals surface area (Å²) in [6.45, 7) is 8.71. The molecule has 2 N–H and O–H groups in total. The lowest BCUT2D eigenvalue weighted by molar-refractivity contribution is 0.0417. The molecule has 14 heavy (non-hydrogen) atoms. The number of β-amino-alcohol motifs (C(OH)–C–C–N with tert-alkyl or cyclic N) is 1. The highest BCUT2D eigenvalue weighted by Gasteiger charge is 2.34. The van der Waals surface area contributed by atoms with Crippen LogP contribution in [0.2, 0.25) is 0 Å². The molecule has 2 aliphatic rings. The van der Waals surface area contributed by atoms with Gasteiger partial charge in [0.15, 0.2) is 0 Å². The Morgan fingerprint density at radius 3 is 2.36 bits per heavy atom. The highest BCUT2D eigenvalue weighted by molar-refractivity contribution is 4.91. The van der Waals surface area contributed by atoms with Crippen LogP contribution in [0.5, 0.6) is 0 Å². The molecule has 0 bridgehead atoms. The number of aliphatic hydroxyl groups excluding tert-OH is 1. The monoisotopic (exact) mass is 198 g/mol. The van der Waals surface area contributed by atoms with Crippen molar-refractivity contribution >= 4 is 0 Å². The molecule has 2 atom stereocenters. The van der Waals surface area contributed by atoms with Crippen LogP contribution < -0.4 is 5.32 Å². The number of hydrogen-bond acceptors (Lipinski definition) is 3. The van der Waals surface area contributed by atoms with Gasteiger partial charge in [-0.15, -0.1) is 0 Å². The Labute approximate surface area is 86.5 Å². The molecule has 3 heteroatoms. The molecule has 82 valence electrons. The summed E-state index contributed by atoms with van der Waals surface area (Å²) >= 11 is 0. The molecule has 0 radical (unpaired) electrons. The molecule has 2 aliphatic heterocycles. The van der Waals surface area contributed by atoms with E-state index >= 15 is 0 Å². The Balaban J connectivity index is 1.89. The molecule has 2 fully saturated rings. The molecule has 0 spiro atoms. The van der Waals surface area contributed by atoms with Gasteiger partial charge in [0.1, 0.15) is 0 Å². The van der Waals surface area contributed by atoms with E-state index in [0.29, 0.717) is 11.5 Å². The minimum Gasteiger partial charge on any atom is -0.390 e. The van der Waals surface area contributed by atoms with Crippen LogP contribution in [0.3, 0.4) is 0 Å². The van der Waals surface area contributed by atoms with E-state index in [4.69, 9.17) is 0 Å². The summed E-state index contributed by atoms with van der Waals surface area (Å²) < 4.78 is 0. The van der Waals surface area contributed by atoms with Gasteiger partial charge >= 0.3 is 0 Å². The summed E-state index contributed by atoms with van der Waals surface area (Å²) in [6, 6.07) is 0.367. The zero-order chi connectivity index (χ0) is 10.2. The first-order valence-corrected chi connectivity index (χ1v) is 5.71. The molecular weight excluding hydrogens is 176 g/mol. The maximum Gasteiger partial charge on any atom is 0.0831 e. The van der Waals surface area contributed by atoms with Crippen LogP contribution >= 0.6 is 0 Å². The molecule has 3 nitrogen and oxygen atoms in total. The van der Waals surface area contributed by atoms with Crippen molar-refractivity contribution in [3.63, 3.8) is 0 Å². The van der Waals surface area contributed by atoms with Gasteiger partial charge in [0.2, 0.25) is 0 Å². The molecule has 0 aromatic rings. The maximum absolute atomic E-state index is 9.77. The van der Waals surface area contributed by atoms with Crippen LogP contribution in [-0.2, 0) is 0 Å². The summed E-state index contributed by atoms with van der Waals surface area (Å²) in [4.78, 5) is 2.45. The maximum atomic E-state index is 9.77. The van der Waals surface area contributed by atoms with Gasteiger partial charge in [-0.1, -0.05) is 13.8 Å². The van der Waals surface area contributed by atoms with E-state index in [-0.39, 0.29) is 6.10 Å². The highest BCUT2D eigenvalue weighted by atomic mass is 16.3. The zero-order valence-electron chi connectivity index (χ0n) is 9.29. The van der Waals surface area contributed by atoms with Crippen molar-refractivity contribution in [3.8, 4) is 0 Å². The Kier molecular flexibility index (Phi) is 2.82. The third-order valence-corrected chi connectivity index (χ3v) is 3.77. The summed E-state index contributed by atoms with van der Waals surface area (Å²) in [5.74, 6) is 0. The molecule has 0 aliphatic carbocycles. The van der Waals surface area contributed by atoms with Gasteiger partial charge < -0.3 is 10.4 Å². The second-order valence-corrected chi connectivity index (χ2v) is 5.49. The Hall–Kier alpha value is -0.120. The van der Waals surface area contributed by atoms with E-state index in [1.54, 1.807) is 0 Å². The largest absolute Gasteiger partial charge is 0.390 e. The molecule has 2 unspecified atom stereocenters. The van der Waals surface area contributed by atoms with Crippen molar-refractivity contribution < 1.29 is 5.11 Å². The van der Waals surface area contributed by atoms with Crippen molar-refractivity contribution in [2.75, 3.05) is 26.2 Å². The van der Waals surface area contributed by atoms with E-state index in [9.17, 15) is 5.11 Å². The van der Waals surface area contributed by atoms with Crippen LogP contribution in [0.1, 0.15) is 26.7 Å². The number of likely N-dealkylation sites (tertiary alicyclic amines) is 1. The van der Waals surface area contributed by atoms with Gasteiger partial charge in [-0.2, -0.15) is 0 Å². The summed E-state index contributed by atoms with van der Waals surface area (Å²) in [5, 5.41) is 13.0. The first-order chi connectivity index (χ1) is 6.58. The summed E-state index contributed by atoms with van der Waals surface area (Å²) in [7, 11) is 0. The van der Waals surface area contributed by atoms with Crippen LogP contribution in [0.4, 0.5) is 0 Å². The van der Waals surface area contributed by atoms with Gasteiger partial charge in [-0.3, -0.25) is 4.90 Å². The van der Waals surface area contributed by atoms with E-state index in [1.807, 2.05) is 0 Å². The number of hydrogen-bond donors (Lipinski definition) is 2. The van der Waals surface area contributed by atoms with Crippen molar-refractivity contribution in [3.05, 3.63) is 0 Å². The average Bonchev–Trinajstić information content (AvgIpc) is 2.52. The third kappa shape index (κ3) is 2.10. The van der Waals surface area contributed by atoms with Crippen LogP contribution in [0.15, 0.2) is 0 Å². The topological polar surface area (TPSA) is 35.5 Å². The van der Waals surface area contributed by atoms with E-state index in [1.165, 1.54) is 12.8 Å². The molecule has 2 heterocycles. The number of piperidine rings is 1. The molecular formula is C11H22N2O. The van der Waals surface area contributed by atoms with E-state index in [0.717, 1.165) is 26.2 Å². The van der Waals surface area contributed by atoms with Gasteiger partial charge in [-0.05, 0) is 31.3 Å².